The maximum absolute atomic E-state index is 12.8. The number of fused-ring (bicyclic) bond motifs is 3. The predicted octanol–water partition coefficient (Wildman–Crippen LogP) is 3.15. The van der Waals surface area contributed by atoms with E-state index in [9.17, 15) is 9.90 Å². The highest BCUT2D eigenvalue weighted by Gasteiger charge is 2.21. The quantitative estimate of drug-likeness (QED) is 0.688. The Hall–Kier alpha value is -1.70. The minimum Gasteiger partial charge on any atom is -0.491 e. The van der Waals surface area contributed by atoms with Crippen LogP contribution in [0.5, 0.6) is 5.75 Å². The number of aliphatic hydroxyl groups is 1. The number of aromatic nitrogens is 2. The molecule has 5 nitrogen and oxygen atoms in total. The van der Waals surface area contributed by atoms with E-state index < -0.39 is 6.10 Å². The zero-order chi connectivity index (χ0) is 17.4. The minimum atomic E-state index is -0.785. The lowest BCUT2D eigenvalue weighted by atomic mass is 10.2. The Bertz CT molecular complexity index is 965. The molecule has 130 valence electrons. The van der Waals surface area contributed by atoms with Crippen LogP contribution in [0.2, 0.25) is 0 Å². The van der Waals surface area contributed by atoms with E-state index in [2.05, 4.69) is 20.9 Å². The van der Waals surface area contributed by atoms with E-state index in [0.717, 1.165) is 39.5 Å². The normalized spacial score (nSPS) is 14.6. The van der Waals surface area contributed by atoms with Crippen LogP contribution >= 0.6 is 27.3 Å². The van der Waals surface area contributed by atoms with Gasteiger partial charge in [-0.3, -0.25) is 9.36 Å². The van der Waals surface area contributed by atoms with Gasteiger partial charge in [-0.1, -0.05) is 15.9 Å². The van der Waals surface area contributed by atoms with Crippen LogP contribution in [-0.2, 0) is 19.4 Å². The maximum Gasteiger partial charge on any atom is 0.262 e. The van der Waals surface area contributed by atoms with Gasteiger partial charge in [0.2, 0.25) is 0 Å². The van der Waals surface area contributed by atoms with Crippen molar-refractivity contribution < 1.29 is 9.84 Å². The van der Waals surface area contributed by atoms with Crippen molar-refractivity contribution in [2.45, 2.75) is 31.9 Å². The van der Waals surface area contributed by atoms with Gasteiger partial charge in [-0.2, -0.15) is 0 Å². The third kappa shape index (κ3) is 3.36. The number of halogens is 1. The van der Waals surface area contributed by atoms with Crippen LogP contribution in [0.15, 0.2) is 39.9 Å². The SMILES string of the molecule is O=c1c2c3c(sc2ncn1C[C@H](O)COc1ccc(Br)cc1)CCC3. The second-order valence-electron chi connectivity index (χ2n) is 6.16. The zero-order valence-electron chi connectivity index (χ0n) is 13.4. The lowest BCUT2D eigenvalue weighted by Crippen LogP contribution is -2.30. The number of hydrogen-bond acceptors (Lipinski definition) is 5. The fourth-order valence-electron chi connectivity index (χ4n) is 3.15. The third-order valence-electron chi connectivity index (χ3n) is 4.36. The van der Waals surface area contributed by atoms with Gasteiger partial charge in [0.15, 0.2) is 0 Å². The van der Waals surface area contributed by atoms with Gasteiger partial charge < -0.3 is 9.84 Å². The summed E-state index contributed by atoms with van der Waals surface area (Å²) >= 11 is 4.99. The lowest BCUT2D eigenvalue weighted by molar-refractivity contribution is 0.0915. The molecule has 1 aliphatic rings. The highest BCUT2D eigenvalue weighted by atomic mass is 79.9. The summed E-state index contributed by atoms with van der Waals surface area (Å²) in [4.78, 5) is 19.3. The first-order valence-electron chi connectivity index (χ1n) is 8.18. The van der Waals surface area contributed by atoms with E-state index in [1.807, 2.05) is 24.3 Å². The highest BCUT2D eigenvalue weighted by Crippen LogP contribution is 2.34. The number of aliphatic hydroxyl groups excluding tert-OH is 1. The smallest absolute Gasteiger partial charge is 0.262 e. The molecule has 0 aliphatic heterocycles. The molecule has 0 bridgehead atoms. The molecule has 3 aromatic rings. The van der Waals surface area contributed by atoms with Crippen LogP contribution in [-0.4, -0.2) is 27.4 Å². The molecule has 2 heterocycles. The molecule has 1 atom stereocenters. The van der Waals surface area contributed by atoms with E-state index in [1.165, 1.54) is 15.8 Å². The van der Waals surface area contributed by atoms with Gasteiger partial charge in [0.05, 0.1) is 18.3 Å². The molecule has 1 N–H and O–H groups in total. The molecule has 2 aromatic heterocycles. The first-order valence-corrected chi connectivity index (χ1v) is 9.79. The summed E-state index contributed by atoms with van der Waals surface area (Å²) in [6, 6.07) is 7.40. The average molecular weight is 421 g/mol. The molecule has 0 saturated heterocycles. The molecule has 0 saturated carbocycles. The van der Waals surface area contributed by atoms with Gasteiger partial charge in [0.1, 0.15) is 23.3 Å². The first-order chi connectivity index (χ1) is 12.1. The molecule has 0 fully saturated rings. The average Bonchev–Trinajstić information content (AvgIpc) is 3.18. The molecule has 1 aliphatic carbocycles. The Morgan fingerprint density at radius 2 is 2.12 bits per heavy atom. The van der Waals surface area contributed by atoms with Gasteiger partial charge in [0.25, 0.3) is 5.56 Å². The molecule has 4 rings (SSSR count). The topological polar surface area (TPSA) is 64.4 Å². The van der Waals surface area contributed by atoms with Gasteiger partial charge >= 0.3 is 0 Å². The Morgan fingerprint density at radius 3 is 2.92 bits per heavy atom. The first kappa shape index (κ1) is 16.8. The molecule has 25 heavy (non-hydrogen) atoms. The number of benzene rings is 1. The molecule has 0 spiro atoms. The van der Waals surface area contributed by atoms with Crippen molar-refractivity contribution >= 4 is 37.5 Å². The summed E-state index contributed by atoms with van der Waals surface area (Å²) in [6.07, 6.45) is 3.84. The van der Waals surface area contributed by atoms with Crippen molar-refractivity contribution in [3.63, 3.8) is 0 Å². The van der Waals surface area contributed by atoms with Crippen LogP contribution < -0.4 is 10.3 Å². The van der Waals surface area contributed by atoms with Crippen molar-refractivity contribution in [1.29, 1.82) is 0 Å². The van der Waals surface area contributed by atoms with Crippen LogP contribution in [0.1, 0.15) is 16.9 Å². The lowest BCUT2D eigenvalue weighted by Gasteiger charge is -2.14. The van der Waals surface area contributed by atoms with Crippen molar-refractivity contribution in [2.24, 2.45) is 0 Å². The molecule has 0 amide bonds. The number of aryl methyl sites for hydroxylation is 2. The number of ether oxygens (including phenoxy) is 1. The van der Waals surface area contributed by atoms with Crippen molar-refractivity contribution in [3.05, 3.63) is 55.9 Å². The second-order valence-corrected chi connectivity index (χ2v) is 8.16. The van der Waals surface area contributed by atoms with E-state index in [0.29, 0.717) is 5.75 Å². The van der Waals surface area contributed by atoms with Crippen molar-refractivity contribution in [3.8, 4) is 5.75 Å². The molecular weight excluding hydrogens is 404 g/mol. The molecular formula is C18H17BrN2O3S. The molecule has 0 unspecified atom stereocenters. The minimum absolute atomic E-state index is 0.0629. The number of hydrogen-bond donors (Lipinski definition) is 1. The standard InChI is InChI=1S/C18H17BrN2O3S/c19-11-4-6-13(7-5-11)24-9-12(22)8-21-10-20-17-16(18(21)23)14-2-1-3-15(14)25-17/h4-7,10,12,22H,1-3,8-9H2/t12-/m0/s1. The third-order valence-corrected chi connectivity index (χ3v) is 6.08. The zero-order valence-corrected chi connectivity index (χ0v) is 15.8. The largest absolute Gasteiger partial charge is 0.491 e. The Kier molecular flexibility index (Phi) is 4.62. The Morgan fingerprint density at radius 1 is 1.32 bits per heavy atom. The Labute approximate surface area is 157 Å². The van der Waals surface area contributed by atoms with Gasteiger partial charge in [-0.05, 0) is 49.1 Å². The van der Waals surface area contributed by atoms with Crippen LogP contribution in [0.25, 0.3) is 10.2 Å². The molecule has 7 heteroatoms. The van der Waals surface area contributed by atoms with Gasteiger partial charge in [-0.25, -0.2) is 4.98 Å². The monoisotopic (exact) mass is 420 g/mol. The predicted molar refractivity (Wildman–Crippen MR) is 102 cm³/mol. The van der Waals surface area contributed by atoms with Gasteiger partial charge in [0, 0.05) is 9.35 Å². The van der Waals surface area contributed by atoms with E-state index in [-0.39, 0.29) is 18.7 Å². The van der Waals surface area contributed by atoms with Crippen molar-refractivity contribution in [1.82, 2.24) is 9.55 Å². The van der Waals surface area contributed by atoms with E-state index in [4.69, 9.17) is 4.74 Å². The number of rotatable bonds is 5. The van der Waals surface area contributed by atoms with Gasteiger partial charge in [-0.15, -0.1) is 11.3 Å². The fraction of sp³-hybridized carbons (Fsp3) is 0.333. The molecule has 1 aromatic carbocycles. The molecule has 0 radical (unpaired) electrons. The second kappa shape index (κ2) is 6.90. The summed E-state index contributed by atoms with van der Waals surface area (Å²) in [7, 11) is 0. The number of thiophene rings is 1. The fourth-order valence-corrected chi connectivity index (χ4v) is 4.64. The van der Waals surface area contributed by atoms with Crippen LogP contribution in [0, 0.1) is 0 Å². The summed E-state index contributed by atoms with van der Waals surface area (Å²) in [5, 5.41) is 11.0. The summed E-state index contributed by atoms with van der Waals surface area (Å²) < 4.78 is 8.03. The summed E-state index contributed by atoms with van der Waals surface area (Å²) in [6.45, 7) is 0.288. The maximum atomic E-state index is 12.8. The number of nitrogens with zero attached hydrogens (tertiary/aromatic N) is 2. The van der Waals surface area contributed by atoms with Crippen LogP contribution in [0.3, 0.4) is 0 Å². The summed E-state index contributed by atoms with van der Waals surface area (Å²) in [5.74, 6) is 0.679. The highest BCUT2D eigenvalue weighted by molar-refractivity contribution is 9.10. The summed E-state index contributed by atoms with van der Waals surface area (Å²) in [5.41, 5.74) is 1.10. The van der Waals surface area contributed by atoms with Crippen molar-refractivity contribution in [2.75, 3.05) is 6.61 Å². The van der Waals surface area contributed by atoms with Crippen LogP contribution in [0.4, 0.5) is 0 Å². The van der Waals surface area contributed by atoms with E-state index >= 15 is 0 Å². The Balaban J connectivity index is 1.49. The van der Waals surface area contributed by atoms with E-state index in [1.54, 1.807) is 11.3 Å².